The Morgan fingerprint density at radius 3 is 2.52 bits per heavy atom. The van der Waals surface area contributed by atoms with Gasteiger partial charge in [0.2, 0.25) is 5.91 Å². The number of nitriles is 1. The smallest absolute Gasteiger partial charge is 0.324 e. The van der Waals surface area contributed by atoms with E-state index in [4.69, 9.17) is 11.0 Å². The van der Waals surface area contributed by atoms with Crippen LogP contribution in [0.1, 0.15) is 31.4 Å². The average Bonchev–Trinajstić information content (AvgIpc) is 2.36. The van der Waals surface area contributed by atoms with Crippen LogP contribution in [0.2, 0.25) is 0 Å². The first-order valence-corrected chi connectivity index (χ1v) is 6.33. The highest BCUT2D eigenvalue weighted by Crippen LogP contribution is 2.31. The second kappa shape index (κ2) is 6.59. The highest BCUT2D eigenvalue weighted by Gasteiger charge is 2.31. The number of halogens is 3. The summed E-state index contributed by atoms with van der Waals surface area (Å²) in [5, 5.41) is 11.3. The van der Waals surface area contributed by atoms with E-state index in [0.29, 0.717) is 12.5 Å². The molecule has 21 heavy (non-hydrogen) atoms. The number of anilines is 1. The largest absolute Gasteiger partial charge is 0.416 e. The Labute approximate surface area is 120 Å². The molecule has 0 fully saturated rings. The number of amides is 1. The molecule has 1 atom stereocenters. The quantitative estimate of drug-likeness (QED) is 0.897. The molecule has 0 heterocycles. The van der Waals surface area contributed by atoms with Gasteiger partial charge in [-0.3, -0.25) is 4.79 Å². The van der Waals surface area contributed by atoms with Crippen molar-refractivity contribution in [3.8, 4) is 6.07 Å². The normalized spacial score (nSPS) is 12.9. The van der Waals surface area contributed by atoms with Gasteiger partial charge in [0.25, 0.3) is 0 Å². The van der Waals surface area contributed by atoms with Crippen molar-refractivity contribution in [2.75, 3.05) is 5.32 Å². The van der Waals surface area contributed by atoms with E-state index in [1.807, 2.05) is 13.8 Å². The number of hydrogen-bond acceptors (Lipinski definition) is 3. The molecule has 1 amide bonds. The van der Waals surface area contributed by atoms with Gasteiger partial charge in [0.15, 0.2) is 0 Å². The Bertz CT molecular complexity index is 562. The zero-order valence-electron chi connectivity index (χ0n) is 11.7. The fourth-order valence-corrected chi connectivity index (χ4v) is 1.76. The van der Waals surface area contributed by atoms with Crippen LogP contribution in [0.25, 0.3) is 0 Å². The van der Waals surface area contributed by atoms with Crippen molar-refractivity contribution in [1.29, 1.82) is 5.26 Å². The van der Waals surface area contributed by atoms with Gasteiger partial charge < -0.3 is 11.1 Å². The number of alkyl halides is 3. The molecule has 4 nitrogen and oxygen atoms in total. The standard InChI is InChI=1S/C14H16F3N3O/c1-8(2)5-11(19)13(21)20-12-4-3-10(14(15,16)17)6-9(12)7-18/h3-4,6,8,11H,5,19H2,1-2H3,(H,20,21)/t11-/m0/s1. The minimum Gasteiger partial charge on any atom is -0.324 e. The van der Waals surface area contributed by atoms with Gasteiger partial charge in [0.05, 0.1) is 22.9 Å². The third-order valence-electron chi connectivity index (χ3n) is 2.79. The maximum Gasteiger partial charge on any atom is 0.416 e. The molecule has 0 aliphatic carbocycles. The number of carbonyl (C=O) groups is 1. The Morgan fingerprint density at radius 1 is 1.43 bits per heavy atom. The van der Waals surface area contributed by atoms with Gasteiger partial charge in [-0.15, -0.1) is 0 Å². The number of hydrogen-bond donors (Lipinski definition) is 2. The third-order valence-corrected chi connectivity index (χ3v) is 2.79. The van der Waals surface area contributed by atoms with Gasteiger partial charge in [0.1, 0.15) is 6.07 Å². The highest BCUT2D eigenvalue weighted by molar-refractivity contribution is 5.95. The van der Waals surface area contributed by atoms with Gasteiger partial charge in [-0.2, -0.15) is 18.4 Å². The summed E-state index contributed by atoms with van der Waals surface area (Å²) in [4.78, 5) is 11.8. The molecule has 0 bridgehead atoms. The van der Waals surface area contributed by atoms with Crippen molar-refractivity contribution in [2.24, 2.45) is 11.7 Å². The Morgan fingerprint density at radius 2 is 2.05 bits per heavy atom. The van der Waals surface area contributed by atoms with Gasteiger partial charge in [-0.25, -0.2) is 0 Å². The summed E-state index contributed by atoms with van der Waals surface area (Å²) >= 11 is 0. The molecule has 0 aromatic heterocycles. The lowest BCUT2D eigenvalue weighted by Gasteiger charge is -2.15. The molecule has 1 rings (SSSR count). The van der Waals surface area contributed by atoms with Crippen LogP contribution < -0.4 is 11.1 Å². The maximum atomic E-state index is 12.6. The molecule has 0 aliphatic rings. The van der Waals surface area contributed by atoms with E-state index in [1.54, 1.807) is 6.07 Å². The molecule has 0 saturated heterocycles. The van der Waals surface area contributed by atoms with E-state index in [2.05, 4.69) is 5.32 Å². The van der Waals surface area contributed by atoms with Crippen molar-refractivity contribution in [2.45, 2.75) is 32.5 Å². The molecule has 0 saturated carbocycles. The molecular formula is C14H16F3N3O. The van der Waals surface area contributed by atoms with Crippen molar-refractivity contribution in [1.82, 2.24) is 0 Å². The molecule has 0 unspecified atom stereocenters. The Hall–Kier alpha value is -2.07. The third kappa shape index (κ3) is 4.76. The highest BCUT2D eigenvalue weighted by atomic mass is 19.4. The molecule has 1 aromatic carbocycles. The summed E-state index contributed by atoms with van der Waals surface area (Å²) in [5.74, 6) is -0.325. The van der Waals surface area contributed by atoms with Crippen LogP contribution in [0.15, 0.2) is 18.2 Å². The number of benzene rings is 1. The Kier molecular flexibility index (Phi) is 5.33. The van der Waals surface area contributed by atoms with Gasteiger partial charge in [-0.1, -0.05) is 13.8 Å². The molecule has 1 aromatic rings. The molecule has 114 valence electrons. The first-order chi connectivity index (χ1) is 9.65. The first-order valence-electron chi connectivity index (χ1n) is 6.33. The van der Waals surface area contributed by atoms with Gasteiger partial charge in [-0.05, 0) is 30.5 Å². The summed E-state index contributed by atoms with van der Waals surface area (Å²) in [6, 6.07) is 3.42. The monoisotopic (exact) mass is 299 g/mol. The predicted octanol–water partition coefficient (Wildman–Crippen LogP) is 2.89. The first kappa shape index (κ1) is 17.0. The molecular weight excluding hydrogens is 283 g/mol. The summed E-state index contributed by atoms with van der Waals surface area (Å²) in [6.07, 6.45) is -4.10. The van der Waals surface area contributed by atoms with Crippen LogP contribution in [-0.4, -0.2) is 11.9 Å². The number of rotatable bonds is 4. The predicted molar refractivity (Wildman–Crippen MR) is 72.2 cm³/mol. The number of nitrogens with one attached hydrogen (secondary N) is 1. The zero-order valence-corrected chi connectivity index (χ0v) is 11.7. The molecule has 0 radical (unpaired) electrons. The molecule has 3 N–H and O–H groups in total. The van der Waals surface area contributed by atoms with E-state index >= 15 is 0 Å². The topological polar surface area (TPSA) is 78.9 Å². The average molecular weight is 299 g/mol. The van der Waals surface area contributed by atoms with E-state index < -0.39 is 23.7 Å². The lowest BCUT2D eigenvalue weighted by atomic mass is 10.0. The minimum atomic E-state index is -4.54. The van der Waals surface area contributed by atoms with Crippen LogP contribution in [0, 0.1) is 17.2 Å². The number of nitrogens with two attached hydrogens (primary N) is 1. The van der Waals surface area contributed by atoms with Gasteiger partial charge >= 0.3 is 6.18 Å². The maximum absolute atomic E-state index is 12.6. The van der Waals surface area contributed by atoms with E-state index in [0.717, 1.165) is 12.1 Å². The van der Waals surface area contributed by atoms with Crippen LogP contribution in [0.4, 0.5) is 18.9 Å². The lowest BCUT2D eigenvalue weighted by Crippen LogP contribution is -2.36. The van der Waals surface area contributed by atoms with Gasteiger partial charge in [0, 0.05) is 0 Å². The van der Waals surface area contributed by atoms with E-state index in [9.17, 15) is 18.0 Å². The number of nitrogens with zero attached hydrogens (tertiary/aromatic N) is 1. The fourth-order valence-electron chi connectivity index (χ4n) is 1.76. The van der Waals surface area contributed by atoms with Crippen molar-refractivity contribution in [3.05, 3.63) is 29.3 Å². The van der Waals surface area contributed by atoms with Crippen LogP contribution in [0.5, 0.6) is 0 Å². The lowest BCUT2D eigenvalue weighted by molar-refractivity contribution is -0.137. The van der Waals surface area contributed by atoms with Crippen LogP contribution in [-0.2, 0) is 11.0 Å². The van der Waals surface area contributed by atoms with E-state index in [1.165, 1.54) is 0 Å². The molecule has 7 heteroatoms. The van der Waals surface area contributed by atoms with Crippen molar-refractivity contribution >= 4 is 11.6 Å². The number of carbonyl (C=O) groups excluding carboxylic acids is 1. The summed E-state index contributed by atoms with van der Waals surface area (Å²) in [6.45, 7) is 3.79. The zero-order chi connectivity index (χ0) is 16.2. The van der Waals surface area contributed by atoms with Crippen molar-refractivity contribution < 1.29 is 18.0 Å². The van der Waals surface area contributed by atoms with Crippen LogP contribution in [0.3, 0.4) is 0 Å². The fraction of sp³-hybridized carbons (Fsp3) is 0.429. The summed E-state index contributed by atoms with van der Waals surface area (Å²) in [7, 11) is 0. The molecule has 0 spiro atoms. The second-order valence-corrected chi connectivity index (χ2v) is 5.10. The van der Waals surface area contributed by atoms with Crippen molar-refractivity contribution in [3.63, 3.8) is 0 Å². The Balaban J connectivity index is 2.95. The van der Waals surface area contributed by atoms with Crippen LogP contribution >= 0.6 is 0 Å². The van der Waals surface area contributed by atoms with E-state index in [-0.39, 0.29) is 17.2 Å². The second-order valence-electron chi connectivity index (χ2n) is 5.10. The SMILES string of the molecule is CC(C)C[C@H](N)C(=O)Nc1ccc(C(F)(F)F)cc1C#N. The minimum absolute atomic E-state index is 0.0229. The summed E-state index contributed by atoms with van der Waals surface area (Å²) in [5.41, 5.74) is 4.51. The molecule has 0 aliphatic heterocycles. The summed E-state index contributed by atoms with van der Waals surface area (Å²) < 4.78 is 37.7.